The van der Waals surface area contributed by atoms with Crippen molar-refractivity contribution in [2.24, 2.45) is 35.5 Å². The second-order valence-corrected chi connectivity index (χ2v) is 9.34. The summed E-state index contributed by atoms with van der Waals surface area (Å²) in [6, 6.07) is 0. The van der Waals surface area contributed by atoms with E-state index in [9.17, 15) is 0 Å². The summed E-state index contributed by atoms with van der Waals surface area (Å²) in [6.45, 7) is 0. The van der Waals surface area contributed by atoms with Crippen molar-refractivity contribution in [3.8, 4) is 0 Å². The first-order chi connectivity index (χ1) is 9.80. The van der Waals surface area contributed by atoms with E-state index in [2.05, 4.69) is 0 Å². The van der Waals surface area contributed by atoms with E-state index in [1.54, 1.807) is 38.5 Å². The minimum absolute atomic E-state index is 0. The van der Waals surface area contributed by atoms with Crippen molar-refractivity contribution in [2.75, 3.05) is 0 Å². The van der Waals surface area contributed by atoms with Crippen LogP contribution in [0.1, 0.15) is 77.0 Å². The molecule has 0 aromatic heterocycles. The second-order valence-electron chi connectivity index (χ2n) is 9.34. The normalized spacial score (nSPS) is 49.7. The van der Waals surface area contributed by atoms with Crippen molar-refractivity contribution in [2.45, 2.75) is 77.0 Å². The van der Waals surface area contributed by atoms with E-state index in [1.807, 2.05) is 11.8 Å². The molecule has 8 aliphatic carbocycles. The van der Waals surface area contributed by atoms with Gasteiger partial charge in [-0.3, -0.25) is 0 Å². The van der Waals surface area contributed by atoms with E-state index < -0.39 is 0 Å². The molecule has 0 nitrogen and oxygen atoms in total. The predicted octanol–water partition coefficient (Wildman–Crippen LogP) is 5.58. The van der Waals surface area contributed by atoms with Crippen LogP contribution in [0.25, 0.3) is 0 Å². The Balaban J connectivity index is 0.000000105. The van der Waals surface area contributed by atoms with Gasteiger partial charge in [0.25, 0.3) is 0 Å². The van der Waals surface area contributed by atoms with E-state index in [0.717, 1.165) is 35.5 Å². The van der Waals surface area contributed by atoms with E-state index in [1.165, 1.54) is 38.5 Å². The molecule has 0 aromatic rings. The van der Waals surface area contributed by atoms with Crippen LogP contribution in [0.2, 0.25) is 0 Å². The first-order valence-electron chi connectivity index (χ1n) is 9.47. The van der Waals surface area contributed by atoms with E-state index >= 15 is 0 Å². The predicted molar refractivity (Wildman–Crippen MR) is 82.8 cm³/mol. The molecule has 0 N–H and O–H groups in total. The average molecular weight is 336 g/mol. The van der Waals surface area contributed by atoms with Gasteiger partial charge in [0.1, 0.15) is 0 Å². The van der Waals surface area contributed by atoms with Crippen LogP contribution in [0.5, 0.6) is 0 Å². The quantitative estimate of drug-likeness (QED) is 0.400. The Kier molecular flexibility index (Phi) is 4.28. The van der Waals surface area contributed by atoms with E-state index in [0.29, 0.717) is 0 Å². The zero-order chi connectivity index (χ0) is 13.1. The topological polar surface area (TPSA) is 0 Å². The van der Waals surface area contributed by atoms with Gasteiger partial charge in [-0.2, -0.15) is 38.5 Å². The van der Waals surface area contributed by atoms with Crippen molar-refractivity contribution in [1.82, 2.24) is 0 Å². The molecule has 0 unspecified atom stereocenters. The standard InChI is InChI=1S/2C10H15.Zn/c2*1-7-2-9-4-8(1)5-10(3-7)6-9;/h2*7-9H,1-6H2;/q2*-1;+2. The Morgan fingerprint density at radius 2 is 0.571 bits per heavy atom. The molecule has 8 bridgehead atoms. The van der Waals surface area contributed by atoms with Crippen LogP contribution >= 0.6 is 0 Å². The van der Waals surface area contributed by atoms with Gasteiger partial charge in [-0.05, 0) is 0 Å². The Bertz CT molecular complexity index is 225. The van der Waals surface area contributed by atoms with Crippen LogP contribution < -0.4 is 0 Å². The van der Waals surface area contributed by atoms with Gasteiger partial charge in [0.05, 0.1) is 0 Å². The third-order valence-corrected chi connectivity index (χ3v) is 7.46. The van der Waals surface area contributed by atoms with Gasteiger partial charge in [-0.25, -0.2) is 0 Å². The zero-order valence-electron chi connectivity index (χ0n) is 13.7. The number of rotatable bonds is 0. The molecule has 0 aromatic carbocycles. The van der Waals surface area contributed by atoms with Gasteiger partial charge in [0.15, 0.2) is 0 Å². The Hall–Kier alpha value is 0.623. The molecule has 21 heavy (non-hydrogen) atoms. The molecule has 0 radical (unpaired) electrons. The third kappa shape index (κ3) is 3.03. The first kappa shape index (κ1) is 15.2. The van der Waals surface area contributed by atoms with Gasteiger partial charge in [0.2, 0.25) is 0 Å². The Morgan fingerprint density at radius 3 is 0.714 bits per heavy atom. The molecule has 0 amide bonds. The summed E-state index contributed by atoms with van der Waals surface area (Å²) in [4.78, 5) is 0. The van der Waals surface area contributed by atoms with Crippen molar-refractivity contribution >= 4 is 0 Å². The summed E-state index contributed by atoms with van der Waals surface area (Å²) < 4.78 is 0. The largest absolute Gasteiger partial charge is 2.00 e. The van der Waals surface area contributed by atoms with Crippen LogP contribution in [0, 0.1) is 47.3 Å². The number of hydrogen-bond acceptors (Lipinski definition) is 0. The molecular formula is C20H30Zn. The number of hydrogen-bond donors (Lipinski definition) is 0. The average Bonchev–Trinajstić information content (AvgIpc) is 2.35. The van der Waals surface area contributed by atoms with Crippen molar-refractivity contribution in [3.05, 3.63) is 11.8 Å². The van der Waals surface area contributed by atoms with Crippen molar-refractivity contribution < 1.29 is 19.5 Å². The Morgan fingerprint density at radius 1 is 0.381 bits per heavy atom. The molecule has 0 spiro atoms. The molecular weight excluding hydrogens is 306 g/mol. The molecule has 0 aliphatic heterocycles. The van der Waals surface area contributed by atoms with Crippen molar-refractivity contribution in [1.29, 1.82) is 0 Å². The molecule has 0 heterocycles. The van der Waals surface area contributed by atoms with Crippen LogP contribution in [-0.2, 0) is 19.5 Å². The van der Waals surface area contributed by atoms with Crippen molar-refractivity contribution in [3.63, 3.8) is 0 Å². The van der Waals surface area contributed by atoms with Crippen LogP contribution in [0.4, 0.5) is 0 Å². The third-order valence-electron chi connectivity index (χ3n) is 7.46. The molecule has 8 fully saturated rings. The molecule has 8 rings (SSSR count). The molecule has 0 saturated heterocycles. The summed E-state index contributed by atoms with van der Waals surface area (Å²) >= 11 is 0. The summed E-state index contributed by atoms with van der Waals surface area (Å²) in [5.41, 5.74) is 0. The van der Waals surface area contributed by atoms with Gasteiger partial charge in [-0.15, -0.1) is 0 Å². The van der Waals surface area contributed by atoms with E-state index in [-0.39, 0.29) is 19.5 Å². The summed E-state index contributed by atoms with van der Waals surface area (Å²) in [5, 5.41) is 0. The van der Waals surface area contributed by atoms with Crippen LogP contribution in [0.15, 0.2) is 0 Å². The molecule has 1 heteroatoms. The minimum Gasteiger partial charge on any atom is -0.313 e. The Labute approximate surface area is 144 Å². The maximum Gasteiger partial charge on any atom is 2.00 e. The second kappa shape index (κ2) is 5.92. The molecule has 8 aliphatic rings. The van der Waals surface area contributed by atoms with Crippen LogP contribution in [0.3, 0.4) is 0 Å². The molecule has 8 saturated carbocycles. The SMILES string of the molecule is C1[C-]2CC3CC1CC(C2)C3.C1[C-]2CC3CC1CC(C2)C3.[Zn+2]. The summed E-state index contributed by atoms with van der Waals surface area (Å²) in [7, 11) is 0. The fourth-order valence-electron chi connectivity index (χ4n) is 7.36. The minimum atomic E-state index is 0. The van der Waals surface area contributed by atoms with Gasteiger partial charge < -0.3 is 11.8 Å². The monoisotopic (exact) mass is 334 g/mol. The van der Waals surface area contributed by atoms with Gasteiger partial charge >= 0.3 is 19.5 Å². The first-order valence-corrected chi connectivity index (χ1v) is 9.47. The molecule has 0 atom stereocenters. The molecule has 112 valence electrons. The fraction of sp³-hybridized carbons (Fsp3) is 0.900. The smallest absolute Gasteiger partial charge is 0.313 e. The fourth-order valence-corrected chi connectivity index (χ4v) is 7.36. The zero-order valence-corrected chi connectivity index (χ0v) is 16.6. The van der Waals surface area contributed by atoms with E-state index in [4.69, 9.17) is 0 Å². The maximum atomic E-state index is 1.93. The summed E-state index contributed by atoms with van der Waals surface area (Å²) in [6.07, 6.45) is 18.6. The van der Waals surface area contributed by atoms with Crippen LogP contribution in [-0.4, -0.2) is 0 Å². The van der Waals surface area contributed by atoms with Gasteiger partial charge in [-0.1, -0.05) is 74.0 Å². The summed E-state index contributed by atoms with van der Waals surface area (Å²) in [5.74, 6) is 10.7. The van der Waals surface area contributed by atoms with Gasteiger partial charge in [0, 0.05) is 0 Å². The maximum absolute atomic E-state index is 1.93.